The lowest BCUT2D eigenvalue weighted by molar-refractivity contribution is 0.651. The van der Waals surface area contributed by atoms with Gasteiger partial charge in [-0.2, -0.15) is 15.3 Å². The van der Waals surface area contributed by atoms with Crippen molar-refractivity contribution in [1.29, 1.82) is 0 Å². The summed E-state index contributed by atoms with van der Waals surface area (Å²) in [5, 5.41) is 13.6. The Hall–Kier alpha value is -2.96. The van der Waals surface area contributed by atoms with Crippen LogP contribution in [0.25, 0.3) is 17.0 Å². The van der Waals surface area contributed by atoms with E-state index in [2.05, 4.69) is 47.1 Å². The van der Waals surface area contributed by atoms with Crippen LogP contribution in [0.2, 0.25) is 0 Å². The van der Waals surface area contributed by atoms with Crippen LogP contribution >= 0.6 is 0 Å². The molecule has 4 aromatic heterocycles. The van der Waals surface area contributed by atoms with Gasteiger partial charge < -0.3 is 0 Å². The molecule has 4 aromatic rings. The molecule has 1 saturated carbocycles. The van der Waals surface area contributed by atoms with E-state index in [-0.39, 0.29) is 0 Å². The minimum Gasteiger partial charge on any atom is -0.276 e. The number of rotatable bonds is 4. The van der Waals surface area contributed by atoms with E-state index >= 15 is 0 Å². The monoisotopic (exact) mass is 361 g/mol. The summed E-state index contributed by atoms with van der Waals surface area (Å²) in [6, 6.07) is 4.31. The number of aryl methyl sites for hydroxylation is 4. The predicted octanol–water partition coefficient (Wildman–Crippen LogP) is 3.23. The summed E-state index contributed by atoms with van der Waals surface area (Å²) in [6.07, 6.45) is 7.09. The Morgan fingerprint density at radius 2 is 1.96 bits per heavy atom. The third-order valence-corrected chi connectivity index (χ3v) is 5.51. The van der Waals surface area contributed by atoms with Gasteiger partial charge in [0.05, 0.1) is 29.5 Å². The topological polar surface area (TPSA) is 65.8 Å². The van der Waals surface area contributed by atoms with E-state index < -0.39 is 0 Å². The van der Waals surface area contributed by atoms with Crippen LogP contribution in [0.3, 0.4) is 0 Å². The van der Waals surface area contributed by atoms with Crippen LogP contribution in [0.5, 0.6) is 0 Å². The quantitative estimate of drug-likeness (QED) is 0.560. The molecule has 1 aliphatic carbocycles. The van der Waals surface area contributed by atoms with Gasteiger partial charge in [0, 0.05) is 37.0 Å². The fraction of sp³-hybridized carbons (Fsp3) is 0.400. The molecule has 2 unspecified atom stereocenters. The van der Waals surface area contributed by atoms with Crippen molar-refractivity contribution >= 4 is 5.65 Å². The van der Waals surface area contributed by atoms with Gasteiger partial charge in [0.2, 0.25) is 0 Å². The third-order valence-electron chi connectivity index (χ3n) is 5.51. The fourth-order valence-electron chi connectivity index (χ4n) is 3.94. The maximum Gasteiger partial charge on any atom is 0.158 e. The molecule has 138 valence electrons. The van der Waals surface area contributed by atoms with Gasteiger partial charge in [-0.1, -0.05) is 0 Å². The molecular weight excluding hydrogens is 338 g/mol. The third kappa shape index (κ3) is 2.57. The zero-order valence-electron chi connectivity index (χ0n) is 16.1. The van der Waals surface area contributed by atoms with Crippen LogP contribution in [0, 0.1) is 13.8 Å². The largest absolute Gasteiger partial charge is 0.276 e. The van der Waals surface area contributed by atoms with Gasteiger partial charge in [-0.05, 0) is 50.8 Å². The molecule has 0 saturated heterocycles. The van der Waals surface area contributed by atoms with E-state index in [0.29, 0.717) is 11.8 Å². The molecule has 1 fully saturated rings. The maximum atomic E-state index is 4.90. The molecule has 7 nitrogen and oxygen atoms in total. The highest BCUT2D eigenvalue weighted by Crippen LogP contribution is 2.54. The van der Waals surface area contributed by atoms with Crippen LogP contribution in [0.15, 0.2) is 30.7 Å². The van der Waals surface area contributed by atoms with E-state index in [1.165, 1.54) is 5.56 Å². The Labute approximate surface area is 157 Å². The van der Waals surface area contributed by atoms with Crippen molar-refractivity contribution in [3.05, 3.63) is 53.2 Å². The Morgan fingerprint density at radius 3 is 2.70 bits per heavy atom. The summed E-state index contributed by atoms with van der Waals surface area (Å²) in [5.41, 5.74) is 7.58. The lowest BCUT2D eigenvalue weighted by atomic mass is 10.1. The first-order valence-corrected chi connectivity index (χ1v) is 9.43. The van der Waals surface area contributed by atoms with Gasteiger partial charge in [0.15, 0.2) is 5.65 Å². The van der Waals surface area contributed by atoms with Crippen LogP contribution < -0.4 is 0 Å². The molecule has 1 aliphatic rings. The molecule has 0 bridgehead atoms. The molecule has 2 atom stereocenters. The average Bonchev–Trinajstić information content (AvgIpc) is 2.98. The van der Waals surface area contributed by atoms with Crippen molar-refractivity contribution in [2.24, 2.45) is 7.05 Å². The molecule has 4 heterocycles. The molecule has 0 aromatic carbocycles. The van der Waals surface area contributed by atoms with E-state index in [0.717, 1.165) is 47.0 Å². The second kappa shape index (κ2) is 5.77. The van der Waals surface area contributed by atoms with Crippen LogP contribution in [0.4, 0.5) is 0 Å². The zero-order chi connectivity index (χ0) is 18.7. The summed E-state index contributed by atoms with van der Waals surface area (Å²) < 4.78 is 5.83. The minimum absolute atomic E-state index is 0.474. The summed E-state index contributed by atoms with van der Waals surface area (Å²) in [6.45, 7) is 7.06. The highest BCUT2D eigenvalue weighted by molar-refractivity contribution is 5.61. The highest BCUT2D eigenvalue weighted by atomic mass is 15.3. The van der Waals surface area contributed by atoms with Crippen LogP contribution in [0.1, 0.15) is 47.7 Å². The summed E-state index contributed by atoms with van der Waals surface area (Å²) in [5.74, 6) is 1.00. The van der Waals surface area contributed by atoms with Crippen molar-refractivity contribution in [2.75, 3.05) is 0 Å². The van der Waals surface area contributed by atoms with Gasteiger partial charge >= 0.3 is 0 Å². The van der Waals surface area contributed by atoms with Crippen molar-refractivity contribution in [3.63, 3.8) is 0 Å². The predicted molar refractivity (Wildman–Crippen MR) is 103 cm³/mol. The van der Waals surface area contributed by atoms with Crippen molar-refractivity contribution in [1.82, 2.24) is 34.2 Å². The Bertz CT molecular complexity index is 1150. The smallest absolute Gasteiger partial charge is 0.158 e. The molecule has 5 rings (SSSR count). The van der Waals surface area contributed by atoms with Crippen LogP contribution in [-0.2, 0) is 13.6 Å². The molecule has 7 heteroatoms. The fourth-order valence-corrected chi connectivity index (χ4v) is 3.94. The molecule has 0 amide bonds. The van der Waals surface area contributed by atoms with Gasteiger partial charge in [-0.15, -0.1) is 0 Å². The van der Waals surface area contributed by atoms with Gasteiger partial charge in [0.1, 0.15) is 0 Å². The lowest BCUT2D eigenvalue weighted by Gasteiger charge is -2.07. The Balaban J connectivity index is 1.53. The standard InChI is InChI=1S/C20H23N7/c1-5-26-19(18-6-13(3)27-20(23-18)12(2)9-22-27)8-17(24-26)16-7-15(16)14-10-21-25(4)11-14/h6,8-11,15-16H,5,7H2,1-4H3. The van der Waals surface area contributed by atoms with Crippen molar-refractivity contribution in [3.8, 4) is 11.4 Å². The van der Waals surface area contributed by atoms with E-state index in [4.69, 9.17) is 10.1 Å². The molecule has 0 N–H and O–H groups in total. The molecule has 0 radical (unpaired) electrons. The van der Waals surface area contributed by atoms with Crippen molar-refractivity contribution in [2.45, 2.75) is 45.6 Å². The number of hydrogen-bond acceptors (Lipinski definition) is 4. The van der Waals surface area contributed by atoms with E-state index in [9.17, 15) is 0 Å². The molecule has 0 aliphatic heterocycles. The molecule has 0 spiro atoms. The maximum absolute atomic E-state index is 4.90. The molecular formula is C20H23N7. The number of hydrogen-bond donors (Lipinski definition) is 0. The number of aromatic nitrogens is 7. The summed E-state index contributed by atoms with van der Waals surface area (Å²) in [7, 11) is 1.97. The van der Waals surface area contributed by atoms with Gasteiger partial charge in [-0.3, -0.25) is 9.36 Å². The lowest BCUT2D eigenvalue weighted by Crippen LogP contribution is -2.03. The first-order chi connectivity index (χ1) is 13.0. The second-order valence-corrected chi connectivity index (χ2v) is 7.51. The van der Waals surface area contributed by atoms with Gasteiger partial charge in [0.25, 0.3) is 0 Å². The SMILES string of the molecule is CCn1nc(C2CC2c2cnn(C)c2)cc1-c1cc(C)n2ncc(C)c2n1. The van der Waals surface area contributed by atoms with Crippen LogP contribution in [-0.4, -0.2) is 34.2 Å². The Morgan fingerprint density at radius 1 is 1.11 bits per heavy atom. The second-order valence-electron chi connectivity index (χ2n) is 7.51. The number of fused-ring (bicyclic) bond motifs is 1. The minimum atomic E-state index is 0.474. The number of nitrogens with zero attached hydrogens (tertiary/aromatic N) is 7. The van der Waals surface area contributed by atoms with Crippen molar-refractivity contribution < 1.29 is 0 Å². The van der Waals surface area contributed by atoms with E-state index in [1.54, 1.807) is 0 Å². The first-order valence-electron chi connectivity index (χ1n) is 9.43. The molecule has 27 heavy (non-hydrogen) atoms. The van der Waals surface area contributed by atoms with Gasteiger partial charge in [-0.25, -0.2) is 9.50 Å². The zero-order valence-corrected chi connectivity index (χ0v) is 16.1. The highest BCUT2D eigenvalue weighted by Gasteiger charge is 2.42. The summed E-state index contributed by atoms with van der Waals surface area (Å²) in [4.78, 5) is 4.87. The Kier molecular flexibility index (Phi) is 3.47. The van der Waals surface area contributed by atoms with E-state index in [1.807, 2.05) is 35.6 Å². The normalized spacial score (nSPS) is 19.1. The first kappa shape index (κ1) is 16.2. The summed E-state index contributed by atoms with van der Waals surface area (Å²) >= 11 is 0. The average molecular weight is 361 g/mol.